The van der Waals surface area contributed by atoms with Crippen molar-refractivity contribution < 1.29 is 131 Å². The Kier molecular flexibility index (Phi) is 34.3. The summed E-state index contributed by atoms with van der Waals surface area (Å²) in [5.74, 6) is -4.58. The van der Waals surface area contributed by atoms with Gasteiger partial charge in [-0.1, -0.05) is 129 Å². The van der Waals surface area contributed by atoms with Gasteiger partial charge in [0.2, 0.25) is 0 Å². The lowest BCUT2D eigenvalue weighted by atomic mass is 9.95. The molecule has 6 rings (SSSR count). The topological polar surface area (TPSA) is 380 Å². The van der Waals surface area contributed by atoms with Crippen molar-refractivity contribution in [2.24, 2.45) is 5.92 Å². The minimum absolute atomic E-state index is 0.0366. The average molecular weight is 1370 g/mol. The van der Waals surface area contributed by atoms with Crippen LogP contribution in [0.25, 0.3) is 0 Å². The van der Waals surface area contributed by atoms with Gasteiger partial charge in [0, 0.05) is 18.4 Å². The molecule has 0 aromatic heterocycles. The molecule has 0 bridgehead atoms. The van der Waals surface area contributed by atoms with E-state index in [4.69, 9.17) is 66.3 Å². The average Bonchev–Trinajstić information content (AvgIpc) is 0.773. The first-order valence-electron chi connectivity index (χ1n) is 35.4. The van der Waals surface area contributed by atoms with Crippen molar-refractivity contribution in [1.82, 2.24) is 0 Å². The van der Waals surface area contributed by atoms with Gasteiger partial charge in [0.05, 0.1) is 49.1 Å². The Hall–Kier alpha value is -3.14. The van der Waals surface area contributed by atoms with Crippen LogP contribution in [0, 0.1) is 5.92 Å². The van der Waals surface area contributed by atoms with Gasteiger partial charge in [0.1, 0.15) is 67.1 Å². The highest BCUT2D eigenvalue weighted by Crippen LogP contribution is 2.40. The van der Waals surface area contributed by atoms with Crippen LogP contribution in [0.3, 0.4) is 0 Å². The molecule has 6 aliphatic rings. The van der Waals surface area contributed by atoms with Gasteiger partial charge in [-0.05, 0) is 81.1 Å². The Morgan fingerprint density at radius 3 is 1.71 bits per heavy atom. The van der Waals surface area contributed by atoms with Crippen LogP contribution in [0.4, 0.5) is 0 Å². The van der Waals surface area contributed by atoms with Crippen molar-refractivity contribution in [3.8, 4) is 0 Å². The highest BCUT2D eigenvalue weighted by molar-refractivity contribution is 5.87. The van der Waals surface area contributed by atoms with E-state index in [1.807, 2.05) is 0 Å². The monoisotopic (exact) mass is 1360 g/mol. The third-order valence-electron chi connectivity index (χ3n) is 19.3. The minimum atomic E-state index is -2.06. The summed E-state index contributed by atoms with van der Waals surface area (Å²) in [4.78, 5) is 55.6. The van der Waals surface area contributed by atoms with Crippen molar-refractivity contribution in [1.29, 1.82) is 0 Å². The van der Waals surface area contributed by atoms with E-state index < -0.39 is 196 Å². The molecule has 0 unspecified atom stereocenters. The lowest BCUT2D eigenvalue weighted by molar-refractivity contribution is -0.395. The van der Waals surface area contributed by atoms with Gasteiger partial charge < -0.3 is 112 Å². The van der Waals surface area contributed by atoms with Crippen LogP contribution in [0.2, 0.25) is 0 Å². The zero-order valence-electron chi connectivity index (χ0n) is 57.6. The predicted octanol–water partition coefficient (Wildman–Crippen LogP) is 4.79. The SMILES string of the molecule is C/C=C(\C)C(=O)O[C@@H]1[C@@H](OC(=O)[C@H](C)[C@H](C)O)[C@@H](O[C@@H]2O[C@H](CO)[C@@H](O)[C@H](O)[C@H]2O)[C@H](O[C@@H]2[C@@H](O)[C@@H](OC(=O)CCCCCCCCCCC)[C@H](O[C@@H]3[C@@H](O)[C@H]4OC(=O)CCCCCCCCC[C@H](CCCCC)O[C@@H]5O[C@H](C)[C@@H](O)[C@H](O)[C@H]5O[C@@H]4O[C@H]3C)O[C@H]2C)O[C@H]1C. The van der Waals surface area contributed by atoms with E-state index in [0.717, 1.165) is 103 Å². The normalized spacial score (nSPS) is 39.6. The molecule has 0 aromatic rings. The minimum Gasteiger partial charge on any atom is -0.455 e. The summed E-state index contributed by atoms with van der Waals surface area (Å²) in [5.41, 5.74) is 0.138. The second-order valence-electron chi connectivity index (χ2n) is 26.9. The molecule has 28 atom stereocenters. The molecule has 6 aliphatic heterocycles. The Morgan fingerprint density at radius 2 is 1.07 bits per heavy atom. The number of aliphatic hydroxyl groups excluding tert-OH is 9. The molecule has 0 amide bonds. The molecule has 27 heteroatoms. The number of allylic oxidation sites excluding steroid dienone is 1. The molecule has 0 aromatic carbocycles. The first-order chi connectivity index (χ1) is 45.3. The summed E-state index contributed by atoms with van der Waals surface area (Å²) in [6.07, 6.45) is -22.3. The number of fused-ring (bicyclic) bond motifs is 2. The first-order valence-corrected chi connectivity index (χ1v) is 35.4. The van der Waals surface area contributed by atoms with Crippen LogP contribution < -0.4 is 0 Å². The Bertz CT molecular complexity index is 2290. The summed E-state index contributed by atoms with van der Waals surface area (Å²) < 4.78 is 88.4. The molecule has 550 valence electrons. The van der Waals surface area contributed by atoms with Crippen LogP contribution in [0.15, 0.2) is 11.6 Å². The molecule has 95 heavy (non-hydrogen) atoms. The number of hydrogen-bond acceptors (Lipinski definition) is 27. The fourth-order valence-electron chi connectivity index (χ4n) is 12.8. The zero-order chi connectivity index (χ0) is 69.6. The molecule has 9 N–H and O–H groups in total. The van der Waals surface area contributed by atoms with Crippen LogP contribution in [-0.4, -0.2) is 242 Å². The Balaban J connectivity index is 1.35. The van der Waals surface area contributed by atoms with Crippen molar-refractivity contribution in [2.75, 3.05) is 6.61 Å². The van der Waals surface area contributed by atoms with E-state index in [9.17, 15) is 65.1 Å². The van der Waals surface area contributed by atoms with Crippen molar-refractivity contribution >= 4 is 23.9 Å². The third kappa shape index (κ3) is 22.9. The van der Waals surface area contributed by atoms with Crippen LogP contribution in [0.5, 0.6) is 0 Å². The Morgan fingerprint density at radius 1 is 0.526 bits per heavy atom. The lowest BCUT2D eigenvalue weighted by Crippen LogP contribution is -2.68. The van der Waals surface area contributed by atoms with E-state index in [1.54, 1.807) is 13.8 Å². The summed E-state index contributed by atoms with van der Waals surface area (Å²) >= 11 is 0. The lowest BCUT2D eigenvalue weighted by Gasteiger charge is -2.50. The van der Waals surface area contributed by atoms with Crippen molar-refractivity contribution in [2.45, 2.75) is 383 Å². The van der Waals surface area contributed by atoms with Crippen LogP contribution in [0.1, 0.15) is 217 Å². The molecule has 6 fully saturated rings. The van der Waals surface area contributed by atoms with Crippen LogP contribution in [-0.2, 0) is 85.5 Å². The van der Waals surface area contributed by atoms with Crippen LogP contribution >= 0.6 is 0 Å². The molecule has 6 heterocycles. The number of unbranched alkanes of at least 4 members (excludes halogenated alkanes) is 10. The van der Waals surface area contributed by atoms with E-state index in [2.05, 4.69) is 13.8 Å². The molecule has 0 spiro atoms. The maximum atomic E-state index is 14.2. The first kappa shape index (κ1) is 80.8. The molecule has 0 saturated carbocycles. The van der Waals surface area contributed by atoms with Crippen molar-refractivity contribution in [3.63, 3.8) is 0 Å². The van der Waals surface area contributed by atoms with Gasteiger partial charge in [-0.2, -0.15) is 0 Å². The van der Waals surface area contributed by atoms with Gasteiger partial charge in [0.25, 0.3) is 0 Å². The van der Waals surface area contributed by atoms with E-state index in [-0.39, 0.29) is 24.5 Å². The summed E-state index contributed by atoms with van der Waals surface area (Å²) in [7, 11) is 0. The van der Waals surface area contributed by atoms with E-state index in [0.29, 0.717) is 32.1 Å². The molecule has 0 radical (unpaired) electrons. The molecular weight excluding hydrogens is 1250 g/mol. The second-order valence-corrected chi connectivity index (χ2v) is 26.9. The number of carbonyl (C=O) groups excluding carboxylic acids is 4. The van der Waals surface area contributed by atoms with E-state index >= 15 is 0 Å². The van der Waals surface area contributed by atoms with Gasteiger partial charge >= 0.3 is 23.9 Å². The fourth-order valence-corrected chi connectivity index (χ4v) is 12.8. The third-order valence-corrected chi connectivity index (χ3v) is 19.3. The maximum Gasteiger partial charge on any atom is 0.333 e. The standard InChI is InChI=1S/C68H116O27/c1-11-14-16-17-18-19-22-25-29-33-45(71)88-58-53(79)55(93-68-61(95-64-51(77)49(75)48(74)44(35-69)87-64)60(91-63(81)37(5)38(6)70)56(42(10)85-68)90-62(80)36(4)13-3)41(9)83-66(58)92-54-40(8)84-67-59(52(54)78)89-46(72)34-30-26-23-20-21-24-28-32-43(31-27-15-12-2)86-65-57(94-67)50(76)47(73)39(7)82-65/h13,37-44,47-61,64-70,73-79H,11-12,14-35H2,1-10H3/b36-13+/t37-,38+,39-,40+,41+,42+,43+,44-,47-,48-,49+,50+,51-,52-,53-,54+,55+,56+,57-,58-,59-,60-,61-,64+,65+,66+,67+,68+/m1/s1. The predicted molar refractivity (Wildman–Crippen MR) is 337 cm³/mol. The number of carbonyl (C=O) groups is 4. The van der Waals surface area contributed by atoms with Gasteiger partial charge in [-0.25, -0.2) is 4.79 Å². The highest BCUT2D eigenvalue weighted by atomic mass is 16.8. The number of esters is 4. The fraction of sp³-hybridized carbons (Fsp3) is 0.912. The number of aliphatic hydroxyl groups is 9. The van der Waals surface area contributed by atoms with Gasteiger partial charge in [-0.3, -0.25) is 14.4 Å². The van der Waals surface area contributed by atoms with E-state index in [1.165, 1.54) is 47.6 Å². The smallest absolute Gasteiger partial charge is 0.333 e. The van der Waals surface area contributed by atoms with Crippen molar-refractivity contribution in [3.05, 3.63) is 11.6 Å². The number of ether oxygens (including phenoxy) is 14. The second kappa shape index (κ2) is 40.3. The van der Waals surface area contributed by atoms with Gasteiger partial charge in [-0.15, -0.1) is 0 Å². The molecule has 27 nitrogen and oxygen atoms in total. The molecular formula is C68H116O27. The summed E-state index contributed by atoms with van der Waals surface area (Å²) in [6.45, 7) is 15.2. The molecule has 0 aliphatic carbocycles. The number of hydrogen-bond donors (Lipinski definition) is 9. The Labute approximate surface area is 560 Å². The zero-order valence-corrected chi connectivity index (χ0v) is 57.6. The highest BCUT2D eigenvalue weighted by Gasteiger charge is 2.59. The maximum absolute atomic E-state index is 14.2. The number of rotatable bonds is 27. The largest absolute Gasteiger partial charge is 0.455 e. The molecule has 6 saturated heterocycles. The van der Waals surface area contributed by atoms with Gasteiger partial charge in [0.15, 0.2) is 62.0 Å². The summed E-state index contributed by atoms with van der Waals surface area (Å²) in [6, 6.07) is 0. The summed E-state index contributed by atoms with van der Waals surface area (Å²) in [5, 5.41) is 102. The quantitative estimate of drug-likeness (QED) is 0.0231.